The van der Waals surface area contributed by atoms with E-state index in [0.717, 1.165) is 25.7 Å². The van der Waals surface area contributed by atoms with Crippen LogP contribution in [0.4, 0.5) is 0 Å². The van der Waals surface area contributed by atoms with Crippen LogP contribution in [0.25, 0.3) is 0 Å². The van der Waals surface area contributed by atoms with E-state index in [-0.39, 0.29) is 23.7 Å². The number of rotatable bonds is 2. The van der Waals surface area contributed by atoms with E-state index in [0.29, 0.717) is 11.8 Å². The predicted octanol–water partition coefficient (Wildman–Crippen LogP) is 1.14. The van der Waals surface area contributed by atoms with E-state index in [4.69, 9.17) is 8.74 Å². The molecule has 15 heavy (non-hydrogen) atoms. The van der Waals surface area contributed by atoms with Crippen LogP contribution in [0.2, 0.25) is 0 Å². The van der Waals surface area contributed by atoms with Gasteiger partial charge in [0.25, 0.3) is 0 Å². The van der Waals surface area contributed by atoms with Gasteiger partial charge in [0.2, 0.25) is 0 Å². The van der Waals surface area contributed by atoms with E-state index in [1.165, 1.54) is 0 Å². The van der Waals surface area contributed by atoms with Crippen molar-refractivity contribution in [1.82, 2.24) is 0 Å². The number of hydrogen-bond donors (Lipinski definition) is 1. The lowest BCUT2D eigenvalue weighted by atomic mass is 9.54. The molecule has 5 heteroatoms. The molecule has 0 saturated heterocycles. The second-order valence-corrected chi connectivity index (χ2v) is 5.68. The van der Waals surface area contributed by atoms with Crippen LogP contribution < -0.4 is 0 Å². The molecule has 4 rings (SSSR count). The standard InChI is InChI=1S/C10H14O4S/c11-9-6-1-5-2-7(4-6)10(8(9)3-5)14-15(12)13/h5-8,10H,1-4H2,(H,12,13). The molecule has 0 aliphatic heterocycles. The number of Topliss-reactive ketones (excluding diaryl/α,β-unsaturated/α-hetero) is 1. The Morgan fingerprint density at radius 2 is 2.07 bits per heavy atom. The average molecular weight is 230 g/mol. The van der Waals surface area contributed by atoms with Crippen LogP contribution in [-0.4, -0.2) is 20.6 Å². The molecule has 0 amide bonds. The molecule has 1 N–H and O–H groups in total. The highest BCUT2D eigenvalue weighted by Crippen LogP contribution is 2.53. The minimum absolute atomic E-state index is 0.0997. The number of ketones is 1. The second-order valence-electron chi connectivity index (χ2n) is 5.05. The van der Waals surface area contributed by atoms with Gasteiger partial charge < -0.3 is 0 Å². The molecule has 4 saturated carbocycles. The van der Waals surface area contributed by atoms with E-state index in [9.17, 15) is 9.00 Å². The van der Waals surface area contributed by atoms with Crippen LogP contribution in [0.1, 0.15) is 25.7 Å². The van der Waals surface area contributed by atoms with Crippen molar-refractivity contribution >= 4 is 17.1 Å². The summed E-state index contributed by atoms with van der Waals surface area (Å²) in [4.78, 5) is 11.9. The van der Waals surface area contributed by atoms with Crippen molar-refractivity contribution in [2.45, 2.75) is 31.8 Å². The summed E-state index contributed by atoms with van der Waals surface area (Å²) >= 11 is -2.24. The fraction of sp³-hybridized carbons (Fsp3) is 0.900. The number of carbonyl (C=O) groups is 1. The molecule has 6 unspecified atom stereocenters. The topological polar surface area (TPSA) is 63.6 Å². The molecule has 4 aliphatic carbocycles. The van der Waals surface area contributed by atoms with Crippen LogP contribution in [-0.2, 0) is 20.3 Å². The van der Waals surface area contributed by atoms with E-state index >= 15 is 0 Å². The largest absolute Gasteiger partial charge is 0.302 e. The van der Waals surface area contributed by atoms with Gasteiger partial charge in [-0.1, -0.05) is 0 Å². The van der Waals surface area contributed by atoms with Crippen LogP contribution in [0, 0.1) is 23.7 Å². The second kappa shape index (κ2) is 3.37. The maximum absolute atomic E-state index is 11.9. The molecule has 84 valence electrons. The quantitative estimate of drug-likeness (QED) is 0.723. The third-order valence-electron chi connectivity index (χ3n) is 4.25. The van der Waals surface area contributed by atoms with Gasteiger partial charge in [-0.15, -0.1) is 0 Å². The van der Waals surface area contributed by atoms with Crippen molar-refractivity contribution in [2.75, 3.05) is 0 Å². The van der Waals surface area contributed by atoms with Crippen LogP contribution in [0.15, 0.2) is 0 Å². The highest BCUT2D eigenvalue weighted by Gasteiger charge is 2.54. The highest BCUT2D eigenvalue weighted by atomic mass is 32.2. The van der Waals surface area contributed by atoms with Gasteiger partial charge in [-0.25, -0.2) is 0 Å². The van der Waals surface area contributed by atoms with Crippen molar-refractivity contribution in [2.24, 2.45) is 23.7 Å². The summed E-state index contributed by atoms with van der Waals surface area (Å²) in [6, 6.07) is 0. The maximum Gasteiger partial charge on any atom is 0.302 e. The first kappa shape index (κ1) is 9.93. The third-order valence-corrected chi connectivity index (χ3v) is 4.64. The molecule has 6 atom stereocenters. The lowest BCUT2D eigenvalue weighted by Gasteiger charge is -2.51. The summed E-state index contributed by atoms with van der Waals surface area (Å²) < 4.78 is 24.4. The van der Waals surface area contributed by atoms with Crippen molar-refractivity contribution in [1.29, 1.82) is 0 Å². The van der Waals surface area contributed by atoms with Crippen molar-refractivity contribution < 1.29 is 17.7 Å². The Balaban J connectivity index is 1.85. The summed E-state index contributed by atoms with van der Waals surface area (Å²) in [5.41, 5.74) is 0. The van der Waals surface area contributed by atoms with Gasteiger partial charge in [-0.3, -0.25) is 13.5 Å². The number of hydrogen-bond acceptors (Lipinski definition) is 3. The molecule has 0 aromatic rings. The molecular formula is C10H14O4S. The zero-order chi connectivity index (χ0) is 10.6. The number of carbonyl (C=O) groups excluding carboxylic acids is 1. The zero-order valence-electron chi connectivity index (χ0n) is 8.30. The Hall–Kier alpha value is -0.260. The summed E-state index contributed by atoms with van der Waals surface area (Å²) in [5.74, 6) is 1.39. The molecule has 4 nitrogen and oxygen atoms in total. The summed E-state index contributed by atoms with van der Waals surface area (Å²) in [6.45, 7) is 0. The molecule has 0 aromatic carbocycles. The average Bonchev–Trinajstić information content (AvgIpc) is 2.18. The lowest BCUT2D eigenvalue weighted by molar-refractivity contribution is -0.151. The van der Waals surface area contributed by atoms with Gasteiger partial charge in [-0.2, -0.15) is 4.21 Å². The van der Waals surface area contributed by atoms with Gasteiger partial charge in [0.05, 0.1) is 6.10 Å². The minimum atomic E-state index is -2.24. The van der Waals surface area contributed by atoms with E-state index in [1.54, 1.807) is 0 Å². The molecule has 0 heterocycles. The first-order chi connectivity index (χ1) is 7.15. The molecule has 0 aromatic heterocycles. The van der Waals surface area contributed by atoms with Crippen molar-refractivity contribution in [3.63, 3.8) is 0 Å². The smallest absolute Gasteiger partial charge is 0.299 e. The predicted molar refractivity (Wildman–Crippen MR) is 53.1 cm³/mol. The van der Waals surface area contributed by atoms with E-state index < -0.39 is 11.4 Å². The van der Waals surface area contributed by atoms with Gasteiger partial charge >= 0.3 is 11.4 Å². The Labute approximate surface area is 90.9 Å². The van der Waals surface area contributed by atoms with Gasteiger partial charge in [0.1, 0.15) is 5.78 Å². The third kappa shape index (κ3) is 1.48. The van der Waals surface area contributed by atoms with Gasteiger partial charge in [-0.05, 0) is 37.5 Å². The molecular weight excluding hydrogens is 216 g/mol. The maximum atomic E-state index is 11.9. The lowest BCUT2D eigenvalue weighted by Crippen LogP contribution is -2.54. The Morgan fingerprint density at radius 1 is 1.27 bits per heavy atom. The van der Waals surface area contributed by atoms with Gasteiger partial charge in [0, 0.05) is 11.8 Å². The van der Waals surface area contributed by atoms with Crippen LogP contribution >= 0.6 is 0 Å². The fourth-order valence-electron chi connectivity index (χ4n) is 3.82. The van der Waals surface area contributed by atoms with Crippen molar-refractivity contribution in [3.8, 4) is 0 Å². The van der Waals surface area contributed by atoms with Gasteiger partial charge in [0.15, 0.2) is 0 Å². The Kier molecular flexibility index (Phi) is 2.23. The molecule has 0 radical (unpaired) electrons. The monoisotopic (exact) mass is 230 g/mol. The molecule has 4 aliphatic rings. The van der Waals surface area contributed by atoms with Crippen LogP contribution in [0.5, 0.6) is 0 Å². The molecule has 4 bridgehead atoms. The summed E-state index contributed by atoms with van der Waals surface area (Å²) in [7, 11) is 0. The summed E-state index contributed by atoms with van der Waals surface area (Å²) in [6.07, 6.45) is 3.56. The van der Waals surface area contributed by atoms with E-state index in [1.807, 2.05) is 0 Å². The first-order valence-electron chi connectivity index (χ1n) is 5.47. The summed E-state index contributed by atoms with van der Waals surface area (Å²) in [5, 5.41) is 0. The van der Waals surface area contributed by atoms with Crippen LogP contribution in [0.3, 0.4) is 0 Å². The first-order valence-corrected chi connectivity index (χ1v) is 6.50. The van der Waals surface area contributed by atoms with Crippen molar-refractivity contribution in [3.05, 3.63) is 0 Å². The Morgan fingerprint density at radius 3 is 2.80 bits per heavy atom. The highest BCUT2D eigenvalue weighted by molar-refractivity contribution is 7.74. The SMILES string of the molecule is O=C1C2CC3CC(C2)C(OS(=O)O)C1C3. The molecule has 4 fully saturated rings. The minimum Gasteiger partial charge on any atom is -0.299 e. The zero-order valence-corrected chi connectivity index (χ0v) is 9.11. The molecule has 0 spiro atoms. The Bertz CT molecular complexity index is 329. The van der Waals surface area contributed by atoms with E-state index in [2.05, 4.69) is 0 Å². The fourth-order valence-corrected chi connectivity index (χ4v) is 4.30. The normalized spacial score (nSPS) is 49.7.